The van der Waals surface area contributed by atoms with E-state index in [1.54, 1.807) is 0 Å². The van der Waals surface area contributed by atoms with Gasteiger partial charge in [0.15, 0.2) is 0 Å². The number of benzene rings is 5. The van der Waals surface area contributed by atoms with Gasteiger partial charge in [-0.05, 0) is 65.9 Å². The average molecular weight is 788 g/mol. The topological polar surface area (TPSA) is 50.9 Å². The maximum Gasteiger partial charge on any atom is 0.146 e. The fourth-order valence-corrected chi connectivity index (χ4v) is 6.60. The molecule has 47 heavy (non-hydrogen) atoms. The Kier molecular flexibility index (Phi) is 8.05. The van der Waals surface area contributed by atoms with E-state index in [1.807, 2.05) is 85.1 Å². The van der Waals surface area contributed by atoms with Crippen LogP contribution in [0.1, 0.15) is 11.1 Å². The van der Waals surface area contributed by atoms with Crippen molar-refractivity contribution in [2.75, 3.05) is 0 Å². The van der Waals surface area contributed by atoms with Crippen LogP contribution in [0.3, 0.4) is 0 Å². The quantitative estimate of drug-likeness (QED) is 0.177. The number of hydrogen-bond donors (Lipinski definition) is 1. The first kappa shape index (κ1) is 30.3. The van der Waals surface area contributed by atoms with E-state index in [0.717, 1.165) is 66.8 Å². The molecule has 0 aliphatic heterocycles. The molecule has 0 spiro atoms. The Hall–Kier alpha value is -5.31. The van der Waals surface area contributed by atoms with Gasteiger partial charge in [0.1, 0.15) is 11.5 Å². The molecule has 0 atom stereocenters. The van der Waals surface area contributed by atoms with Crippen LogP contribution in [0.5, 0.6) is 5.75 Å². The van der Waals surface area contributed by atoms with E-state index in [4.69, 9.17) is 9.97 Å². The summed E-state index contributed by atoms with van der Waals surface area (Å²) in [5, 5.41) is 13.9. The number of phenolic OH excluding ortho intramolecular Hbond substituents is 1. The molecule has 5 aromatic carbocycles. The monoisotopic (exact) mass is 787 g/mol. The molecule has 0 saturated heterocycles. The minimum Gasteiger partial charge on any atom is -0.515 e. The van der Waals surface area contributed by atoms with Gasteiger partial charge >= 0.3 is 0 Å². The van der Waals surface area contributed by atoms with Gasteiger partial charge in [-0.25, -0.2) is 4.98 Å². The summed E-state index contributed by atoms with van der Waals surface area (Å²) in [5.74, 6) is 1.01. The summed E-state index contributed by atoms with van der Waals surface area (Å²) < 4.78 is 2.12. The van der Waals surface area contributed by atoms with Gasteiger partial charge in [-0.1, -0.05) is 108 Å². The zero-order chi connectivity index (χ0) is 31.2. The van der Waals surface area contributed by atoms with Crippen LogP contribution in [0.15, 0.2) is 140 Å². The van der Waals surface area contributed by atoms with Crippen molar-refractivity contribution < 1.29 is 26.2 Å². The number of aromatic hydroxyl groups is 1. The van der Waals surface area contributed by atoms with Crippen molar-refractivity contribution in [1.29, 1.82) is 0 Å². The number of hydrogen-bond acceptors (Lipinski definition) is 3. The van der Waals surface area contributed by atoms with Gasteiger partial charge in [0.05, 0.1) is 11.3 Å². The van der Waals surface area contributed by atoms with Crippen LogP contribution in [0.2, 0.25) is 0 Å². The smallest absolute Gasteiger partial charge is 0.146 e. The summed E-state index contributed by atoms with van der Waals surface area (Å²) in [6.07, 6.45) is 1.83. The minimum atomic E-state index is 0. The number of rotatable bonds is 5. The molecule has 0 amide bonds. The molecule has 0 fully saturated rings. The van der Waals surface area contributed by atoms with Crippen molar-refractivity contribution in [3.8, 4) is 56.2 Å². The molecule has 230 valence electrons. The van der Waals surface area contributed by atoms with Crippen molar-refractivity contribution in [2.45, 2.75) is 13.8 Å². The number of phenols is 1. The first-order chi connectivity index (χ1) is 22.6. The van der Waals surface area contributed by atoms with E-state index in [-0.39, 0.29) is 26.8 Å². The van der Waals surface area contributed by atoms with Crippen molar-refractivity contribution in [1.82, 2.24) is 14.5 Å². The fraction of sp³-hybridized carbons (Fsp3) is 0.0476. The Bertz CT molecular complexity index is 2340. The Labute approximate surface area is 288 Å². The standard InChI is InChI=1S/C42H30N3O.Pt/c1-27-12-8-13-28(2)40(27)32-25-30(34-18-9-17-33(41(34)46)29-14-4-3-5-15-29)24-31(26-32)37-20-10-22-39(44-37)45-38-21-7-6-16-35(38)36-19-11-23-43-42(36)45;/h3-23,25-26,46H,1-2H3;/q-1;. The molecule has 0 radical (unpaired) electrons. The minimum absolute atomic E-state index is 0. The van der Waals surface area contributed by atoms with Gasteiger partial charge in [-0.15, -0.1) is 23.8 Å². The number of fused-ring (bicyclic) bond motifs is 3. The van der Waals surface area contributed by atoms with Crippen LogP contribution >= 0.6 is 0 Å². The largest absolute Gasteiger partial charge is 0.515 e. The molecule has 0 saturated carbocycles. The van der Waals surface area contributed by atoms with Crippen LogP contribution in [-0.4, -0.2) is 19.6 Å². The molecule has 3 aromatic heterocycles. The van der Waals surface area contributed by atoms with Crippen LogP contribution in [0.4, 0.5) is 0 Å². The van der Waals surface area contributed by atoms with Crippen LogP contribution in [0, 0.1) is 19.9 Å². The zero-order valence-electron chi connectivity index (χ0n) is 25.9. The Morgan fingerprint density at radius 2 is 1.30 bits per heavy atom. The van der Waals surface area contributed by atoms with E-state index in [1.165, 1.54) is 16.7 Å². The van der Waals surface area contributed by atoms with Crippen molar-refractivity contribution in [3.05, 3.63) is 157 Å². The Morgan fingerprint density at radius 3 is 2.13 bits per heavy atom. The van der Waals surface area contributed by atoms with E-state index >= 15 is 0 Å². The number of aromatic nitrogens is 3. The third-order valence-corrected chi connectivity index (χ3v) is 8.72. The van der Waals surface area contributed by atoms with Gasteiger partial charge in [-0.2, -0.15) is 0 Å². The molecule has 3 heterocycles. The second-order valence-electron chi connectivity index (χ2n) is 11.6. The summed E-state index contributed by atoms with van der Waals surface area (Å²) in [6, 6.07) is 48.7. The zero-order valence-corrected chi connectivity index (χ0v) is 28.2. The third-order valence-electron chi connectivity index (χ3n) is 8.72. The maximum absolute atomic E-state index is 11.7. The molecular weight excluding hydrogens is 758 g/mol. The molecule has 8 rings (SSSR count). The second-order valence-corrected chi connectivity index (χ2v) is 11.6. The maximum atomic E-state index is 11.7. The van der Waals surface area contributed by atoms with Gasteiger partial charge in [0, 0.05) is 49.3 Å². The summed E-state index contributed by atoms with van der Waals surface area (Å²) >= 11 is 0. The first-order valence-electron chi connectivity index (χ1n) is 15.4. The van der Waals surface area contributed by atoms with Gasteiger partial charge < -0.3 is 5.11 Å². The molecule has 0 aliphatic carbocycles. The van der Waals surface area contributed by atoms with Crippen LogP contribution in [-0.2, 0) is 21.1 Å². The average Bonchev–Trinajstić information content (AvgIpc) is 3.43. The van der Waals surface area contributed by atoms with E-state index in [2.05, 4.69) is 79.1 Å². The number of aryl methyl sites for hydroxylation is 2. The van der Waals surface area contributed by atoms with Crippen molar-refractivity contribution in [3.63, 3.8) is 0 Å². The molecule has 0 unspecified atom stereocenters. The SMILES string of the molecule is Cc1cccc(C)c1-c1cc(-c2cccc(-n3c4ccccc4c4cccnc43)n2)[c-]c(-c2cccc(-c3ccccc3)c2O)c1.[Pt]. The molecular formula is C42H30N3OPt-. The fourth-order valence-electron chi connectivity index (χ4n) is 6.60. The molecule has 4 nitrogen and oxygen atoms in total. The van der Waals surface area contributed by atoms with E-state index in [9.17, 15) is 5.11 Å². The first-order valence-corrected chi connectivity index (χ1v) is 15.4. The predicted octanol–water partition coefficient (Wildman–Crippen LogP) is 10.4. The van der Waals surface area contributed by atoms with Gasteiger partial charge in [-0.3, -0.25) is 9.55 Å². The Balaban J connectivity index is 0.00000351. The van der Waals surface area contributed by atoms with E-state index in [0.29, 0.717) is 0 Å². The normalized spacial score (nSPS) is 11.1. The molecule has 8 aromatic rings. The third kappa shape index (κ3) is 5.35. The molecule has 5 heteroatoms. The summed E-state index contributed by atoms with van der Waals surface area (Å²) in [5.41, 5.74) is 11.4. The number of para-hydroxylation sites is 2. The summed E-state index contributed by atoms with van der Waals surface area (Å²) in [7, 11) is 0. The van der Waals surface area contributed by atoms with Crippen molar-refractivity contribution in [2.24, 2.45) is 0 Å². The van der Waals surface area contributed by atoms with Gasteiger partial charge in [0.2, 0.25) is 0 Å². The number of pyridine rings is 2. The molecule has 1 N–H and O–H groups in total. The Morgan fingerprint density at radius 1 is 0.617 bits per heavy atom. The summed E-state index contributed by atoms with van der Waals surface area (Å²) in [4.78, 5) is 9.97. The molecule has 0 aliphatic rings. The molecule has 0 bridgehead atoms. The van der Waals surface area contributed by atoms with Gasteiger partial charge in [0.25, 0.3) is 0 Å². The van der Waals surface area contributed by atoms with E-state index < -0.39 is 0 Å². The van der Waals surface area contributed by atoms with Crippen LogP contribution in [0.25, 0.3) is 72.4 Å². The predicted molar refractivity (Wildman–Crippen MR) is 188 cm³/mol. The number of nitrogens with zero attached hydrogens (tertiary/aromatic N) is 3. The second kappa shape index (κ2) is 12.5. The van der Waals surface area contributed by atoms with Crippen molar-refractivity contribution >= 4 is 21.9 Å². The summed E-state index contributed by atoms with van der Waals surface area (Å²) in [6.45, 7) is 4.28. The van der Waals surface area contributed by atoms with Crippen LogP contribution < -0.4 is 0 Å².